The number of nitrogens with one attached hydrogen (secondary N) is 2. The summed E-state index contributed by atoms with van der Waals surface area (Å²) in [6.45, 7) is 10.7. The van der Waals surface area contributed by atoms with Gasteiger partial charge in [-0.3, -0.25) is 0 Å². The minimum Gasteiger partial charge on any atom is -0.377 e. The Balaban J connectivity index is 1.87. The molecule has 0 aromatic rings. The molecule has 11 heteroatoms. The van der Waals surface area contributed by atoms with E-state index >= 15 is 0 Å². The topological polar surface area (TPSA) is 76.7 Å². The maximum absolute atomic E-state index is 6.53. The van der Waals surface area contributed by atoms with E-state index in [2.05, 4.69) is 20.4 Å². The molecular formula is C18H42N4O5Si2. The van der Waals surface area contributed by atoms with Gasteiger partial charge in [0.05, 0.1) is 0 Å². The first-order chi connectivity index (χ1) is 14.1. The third-order valence-corrected chi connectivity index (χ3v) is 12.8. The highest BCUT2D eigenvalue weighted by Crippen LogP contribution is 2.26. The first-order valence-electron chi connectivity index (χ1n) is 10.9. The Labute approximate surface area is 179 Å². The minimum absolute atomic E-state index is 0.767. The van der Waals surface area contributed by atoms with Gasteiger partial charge in [-0.1, -0.05) is 0 Å². The molecule has 172 valence electrons. The van der Waals surface area contributed by atoms with E-state index in [1.165, 1.54) is 0 Å². The predicted molar refractivity (Wildman–Crippen MR) is 118 cm³/mol. The van der Waals surface area contributed by atoms with Crippen LogP contribution >= 0.6 is 0 Å². The minimum atomic E-state index is -2.85. The van der Waals surface area contributed by atoms with E-state index in [0.29, 0.717) is 0 Å². The van der Waals surface area contributed by atoms with Crippen LogP contribution in [0, 0.1) is 0 Å². The van der Waals surface area contributed by atoms with Gasteiger partial charge in [-0.15, -0.1) is 0 Å². The van der Waals surface area contributed by atoms with E-state index < -0.39 is 17.6 Å². The van der Waals surface area contributed by atoms with Crippen LogP contribution in [0.1, 0.15) is 12.8 Å². The van der Waals surface area contributed by atoms with E-state index in [1.54, 1.807) is 28.4 Å². The number of nitrogens with zero attached hydrogens (tertiary/aromatic N) is 2. The van der Waals surface area contributed by atoms with Crippen LogP contribution in [0.3, 0.4) is 0 Å². The van der Waals surface area contributed by atoms with Gasteiger partial charge in [0.15, 0.2) is 0 Å². The first kappa shape index (κ1) is 25.3. The highest BCUT2D eigenvalue weighted by Gasteiger charge is 2.51. The lowest BCUT2D eigenvalue weighted by Crippen LogP contribution is -2.57. The summed E-state index contributed by atoms with van der Waals surface area (Å²) in [5.41, 5.74) is 0. The molecule has 0 amide bonds. The van der Waals surface area contributed by atoms with Crippen molar-refractivity contribution in [3.63, 3.8) is 0 Å². The standard InChI is InChI=1S/C18H42N4O5Si2/c1-23-28(24-2,17-5-11-21-13-7-19-8-14-21)27-29(25-3,26-4)18-6-12-22-15-9-20-10-16-22/h19-20H,5-18H2,1-4H3. The molecule has 0 radical (unpaired) electrons. The number of hydrogen-bond acceptors (Lipinski definition) is 9. The largest absolute Gasteiger partial charge is 0.493 e. The fraction of sp³-hybridized carbons (Fsp3) is 1.00. The number of piperazine rings is 2. The summed E-state index contributed by atoms with van der Waals surface area (Å²) in [4.78, 5) is 4.96. The maximum atomic E-state index is 6.53. The number of hydrogen-bond donors (Lipinski definition) is 2. The van der Waals surface area contributed by atoms with Crippen molar-refractivity contribution in [3.8, 4) is 0 Å². The molecule has 29 heavy (non-hydrogen) atoms. The van der Waals surface area contributed by atoms with Gasteiger partial charge < -0.3 is 42.3 Å². The van der Waals surface area contributed by atoms with Crippen molar-refractivity contribution in [3.05, 3.63) is 0 Å². The van der Waals surface area contributed by atoms with Crippen molar-refractivity contribution in [2.75, 3.05) is 93.9 Å². The van der Waals surface area contributed by atoms with Gasteiger partial charge in [0, 0.05) is 92.9 Å². The SMILES string of the molecule is CO[Si](CCCN1CCNCC1)(OC)O[Si](CCCN1CCNCC1)(OC)OC. The molecule has 0 atom stereocenters. The molecule has 2 aliphatic heterocycles. The molecule has 0 spiro atoms. The number of rotatable bonds is 14. The van der Waals surface area contributed by atoms with Crippen molar-refractivity contribution in [1.82, 2.24) is 20.4 Å². The van der Waals surface area contributed by atoms with Crippen LogP contribution in [0.15, 0.2) is 0 Å². The van der Waals surface area contributed by atoms with Gasteiger partial charge >= 0.3 is 17.6 Å². The Hall–Kier alpha value is 0.0738. The van der Waals surface area contributed by atoms with Crippen molar-refractivity contribution in [2.24, 2.45) is 0 Å². The summed E-state index contributed by atoms with van der Waals surface area (Å²) in [5.74, 6) is 0. The zero-order valence-electron chi connectivity index (χ0n) is 18.8. The van der Waals surface area contributed by atoms with Crippen LogP contribution in [0.5, 0.6) is 0 Å². The average Bonchev–Trinajstić information content (AvgIpc) is 2.79. The lowest BCUT2D eigenvalue weighted by molar-refractivity contribution is 0.0842. The van der Waals surface area contributed by atoms with Crippen molar-refractivity contribution in [1.29, 1.82) is 0 Å². The highest BCUT2D eigenvalue weighted by atomic mass is 28.5. The van der Waals surface area contributed by atoms with Crippen molar-refractivity contribution >= 4 is 17.6 Å². The molecule has 2 rings (SSSR count). The van der Waals surface area contributed by atoms with E-state index in [-0.39, 0.29) is 0 Å². The molecule has 0 aliphatic carbocycles. The summed E-state index contributed by atoms with van der Waals surface area (Å²) >= 11 is 0. The average molecular weight is 451 g/mol. The lowest BCUT2D eigenvalue weighted by atomic mass is 10.3. The quantitative estimate of drug-likeness (QED) is 0.357. The second kappa shape index (κ2) is 13.5. The molecule has 2 saturated heterocycles. The Kier molecular flexibility index (Phi) is 11.8. The summed E-state index contributed by atoms with van der Waals surface area (Å²) in [6.07, 6.45) is 1.96. The Morgan fingerprint density at radius 3 is 1.28 bits per heavy atom. The lowest BCUT2D eigenvalue weighted by Gasteiger charge is -2.36. The van der Waals surface area contributed by atoms with Crippen LogP contribution in [-0.4, -0.2) is 121 Å². The van der Waals surface area contributed by atoms with Crippen LogP contribution in [0.2, 0.25) is 12.1 Å². The highest BCUT2D eigenvalue weighted by molar-refractivity contribution is 6.74. The molecule has 2 heterocycles. The third-order valence-electron chi connectivity index (χ3n) is 5.89. The first-order valence-corrected chi connectivity index (χ1v) is 14.7. The van der Waals surface area contributed by atoms with Crippen LogP contribution < -0.4 is 10.6 Å². The Morgan fingerprint density at radius 2 is 0.966 bits per heavy atom. The molecule has 2 fully saturated rings. The molecule has 0 unspecified atom stereocenters. The van der Waals surface area contributed by atoms with Gasteiger partial charge in [0.2, 0.25) is 0 Å². The van der Waals surface area contributed by atoms with Gasteiger partial charge in [0.1, 0.15) is 0 Å². The molecule has 2 N–H and O–H groups in total. The molecular weight excluding hydrogens is 408 g/mol. The van der Waals surface area contributed by atoms with Crippen LogP contribution in [-0.2, 0) is 21.8 Å². The molecule has 0 aromatic heterocycles. The van der Waals surface area contributed by atoms with Crippen molar-refractivity contribution in [2.45, 2.75) is 24.9 Å². The second-order valence-corrected chi connectivity index (χ2v) is 13.9. The molecule has 0 aromatic carbocycles. The zero-order chi connectivity index (χ0) is 21.0. The summed E-state index contributed by atoms with van der Waals surface area (Å²) in [7, 11) is 1.05. The zero-order valence-corrected chi connectivity index (χ0v) is 20.8. The Morgan fingerprint density at radius 1 is 0.621 bits per heavy atom. The summed E-state index contributed by atoms with van der Waals surface area (Å²) < 4.78 is 29.9. The predicted octanol–water partition coefficient (Wildman–Crippen LogP) is 0.0570. The van der Waals surface area contributed by atoms with Gasteiger partial charge in [-0.05, 0) is 25.9 Å². The molecule has 9 nitrogen and oxygen atoms in total. The van der Waals surface area contributed by atoms with Gasteiger partial charge in [0.25, 0.3) is 0 Å². The van der Waals surface area contributed by atoms with Crippen molar-refractivity contribution < 1.29 is 21.8 Å². The fourth-order valence-corrected chi connectivity index (χ4v) is 10.4. The van der Waals surface area contributed by atoms with E-state index in [1.807, 2.05) is 0 Å². The van der Waals surface area contributed by atoms with Crippen LogP contribution in [0.25, 0.3) is 0 Å². The van der Waals surface area contributed by atoms with Gasteiger partial charge in [-0.2, -0.15) is 0 Å². The van der Waals surface area contributed by atoms with E-state index in [4.69, 9.17) is 21.8 Å². The smallest absolute Gasteiger partial charge is 0.377 e. The normalized spacial score (nSPS) is 20.3. The monoisotopic (exact) mass is 450 g/mol. The van der Waals surface area contributed by atoms with Crippen LogP contribution in [0.4, 0.5) is 0 Å². The van der Waals surface area contributed by atoms with E-state index in [0.717, 1.165) is 90.4 Å². The second-order valence-electron chi connectivity index (χ2n) is 7.67. The molecule has 0 bridgehead atoms. The summed E-state index contributed by atoms with van der Waals surface area (Å²) in [5, 5.41) is 6.78. The third kappa shape index (κ3) is 8.26. The fourth-order valence-electron chi connectivity index (χ4n) is 3.99. The maximum Gasteiger partial charge on any atom is 0.493 e. The Bertz CT molecular complexity index is 394. The van der Waals surface area contributed by atoms with E-state index in [9.17, 15) is 0 Å². The summed E-state index contributed by atoms with van der Waals surface area (Å²) in [6, 6.07) is 1.53. The molecule has 2 aliphatic rings. The molecule has 0 saturated carbocycles. The van der Waals surface area contributed by atoms with Gasteiger partial charge in [-0.25, -0.2) is 0 Å².